The molecule has 23 nitrogen and oxygen atoms in total. The van der Waals surface area contributed by atoms with Crippen LogP contribution in [0.2, 0.25) is 0 Å². The lowest BCUT2D eigenvalue weighted by Crippen LogP contribution is -2.60. The number of carbonyl (C=O) groups is 10. The molecule has 0 spiro atoms. The molecule has 1 aromatic heterocycles. The maximum Gasteiger partial charge on any atom is 0.303 e. The summed E-state index contributed by atoms with van der Waals surface area (Å²) in [6.45, 7) is 12.0. The van der Waals surface area contributed by atoms with Crippen LogP contribution in [-0.4, -0.2) is 146 Å². The number of H-pyrrole nitrogens is 1. The number of aromatic nitrogens is 2. The van der Waals surface area contributed by atoms with Gasteiger partial charge in [-0.15, -0.1) is 12.6 Å². The highest BCUT2D eigenvalue weighted by molar-refractivity contribution is 7.96. The molecule has 24 heteroatoms. The third-order valence-electron chi connectivity index (χ3n) is 11.6. The number of amides is 8. The van der Waals surface area contributed by atoms with Crippen molar-refractivity contribution >= 4 is 71.0 Å². The predicted octanol–water partition coefficient (Wildman–Crippen LogP) is -1.49. The second-order valence-electron chi connectivity index (χ2n) is 18.0. The van der Waals surface area contributed by atoms with Gasteiger partial charge < -0.3 is 63.7 Å². The Morgan fingerprint density at radius 2 is 1.46 bits per heavy atom. The molecule has 0 radical (unpaired) electrons. The summed E-state index contributed by atoms with van der Waals surface area (Å²) in [5, 5.41) is 27.2. The number of aromatic amines is 1. The molecule has 1 fully saturated rings. The van der Waals surface area contributed by atoms with E-state index in [1.807, 2.05) is 27.7 Å². The van der Waals surface area contributed by atoms with Crippen molar-refractivity contribution in [3.8, 4) is 0 Å². The van der Waals surface area contributed by atoms with Gasteiger partial charge in [-0.1, -0.05) is 48.0 Å². The Kier molecular flexibility index (Phi) is 25.2. The summed E-state index contributed by atoms with van der Waals surface area (Å²) in [4.78, 5) is 140. The third-order valence-corrected chi connectivity index (χ3v) is 12.0. The minimum Gasteiger partial charge on any atom is -0.481 e. The minimum atomic E-state index is -1.45. The van der Waals surface area contributed by atoms with Gasteiger partial charge in [-0.2, -0.15) is 0 Å². The van der Waals surface area contributed by atoms with Gasteiger partial charge in [0, 0.05) is 31.3 Å². The molecule has 1 aliphatic rings. The molecule has 13 N–H and O–H groups in total. The number of nitrogens with two attached hydrogens (primary N) is 2. The molecule has 1 aromatic rings. The fourth-order valence-corrected chi connectivity index (χ4v) is 7.40. The number of unbranched alkanes of at least 4 members (excludes halogenated alkanes) is 1. The summed E-state index contributed by atoms with van der Waals surface area (Å²) in [5.41, 5.74) is 12.3. The highest BCUT2D eigenvalue weighted by atomic mass is 32.1. The summed E-state index contributed by atoms with van der Waals surface area (Å²) >= 11 is 3.68. The number of nitrogens with one attached hydrogen (secondary N) is 8. The van der Waals surface area contributed by atoms with E-state index in [0.717, 1.165) is 0 Å². The van der Waals surface area contributed by atoms with Crippen LogP contribution in [0.25, 0.3) is 0 Å². The topological polar surface area (TPSA) is 359 Å². The van der Waals surface area contributed by atoms with Gasteiger partial charge >= 0.3 is 5.97 Å². The smallest absolute Gasteiger partial charge is 0.303 e. The Hall–Kier alpha value is -5.62. The SMILES string of the molecule is CC[C@H](C)[C@H](N)C(=O)N[C@@H](CC(C)C)C(=O)N[C@@H](CCCCN)C(=O)N[C@@H](CCC(=O)O)C(=O)N1CCC[C@H]1C(=O)N[C@H](C(=O)N[C@@H](Cc1cnc[nH]1)C(=O)NCC(=O)N[C@@H](C)C(=O)S)C(C)C. The molecule has 0 aromatic carbocycles. The number of carboxylic acids is 1. The average Bonchev–Trinajstić information content (AvgIpc) is 4.00. The molecular formula is C44H74N12O11S. The molecule has 2 heterocycles. The van der Waals surface area contributed by atoms with Gasteiger partial charge in [-0.25, -0.2) is 4.98 Å². The number of likely N-dealkylation sites (tertiary alicyclic amines) is 1. The molecule has 8 amide bonds. The summed E-state index contributed by atoms with van der Waals surface area (Å²) in [6, 6.07) is -9.17. The number of hydrogen-bond donors (Lipinski definition) is 12. The number of hydrogen-bond acceptors (Lipinski definition) is 13. The summed E-state index contributed by atoms with van der Waals surface area (Å²) in [5.74, 6) is -7.66. The summed E-state index contributed by atoms with van der Waals surface area (Å²) in [6.07, 6.45) is 4.18. The Morgan fingerprint density at radius 1 is 0.824 bits per heavy atom. The molecular weight excluding hydrogens is 905 g/mol. The van der Waals surface area contributed by atoms with Crippen molar-refractivity contribution in [2.24, 2.45) is 29.2 Å². The molecule has 9 atom stereocenters. The van der Waals surface area contributed by atoms with Crippen molar-refractivity contribution < 1.29 is 53.1 Å². The highest BCUT2D eigenvalue weighted by Crippen LogP contribution is 2.21. The first-order valence-electron chi connectivity index (χ1n) is 23.3. The van der Waals surface area contributed by atoms with Gasteiger partial charge in [0.1, 0.15) is 36.3 Å². The van der Waals surface area contributed by atoms with Gasteiger partial charge in [0.15, 0.2) is 0 Å². The van der Waals surface area contributed by atoms with Crippen LogP contribution in [0.5, 0.6) is 0 Å². The van der Waals surface area contributed by atoms with E-state index in [1.165, 1.54) is 24.3 Å². The fourth-order valence-electron chi connectivity index (χ4n) is 7.33. The van der Waals surface area contributed by atoms with E-state index >= 15 is 0 Å². The zero-order valence-corrected chi connectivity index (χ0v) is 41.1. The monoisotopic (exact) mass is 979 g/mol. The van der Waals surface area contributed by atoms with Crippen molar-refractivity contribution in [2.75, 3.05) is 19.6 Å². The van der Waals surface area contributed by atoms with Crippen molar-refractivity contribution in [3.63, 3.8) is 0 Å². The summed E-state index contributed by atoms with van der Waals surface area (Å²) in [7, 11) is 0. The van der Waals surface area contributed by atoms with E-state index < -0.39 is 126 Å². The van der Waals surface area contributed by atoms with Crippen LogP contribution in [0.4, 0.5) is 0 Å². The van der Waals surface area contributed by atoms with Crippen molar-refractivity contribution in [1.29, 1.82) is 0 Å². The number of carboxylic acid groups (broad SMARTS) is 1. The van der Waals surface area contributed by atoms with Gasteiger partial charge in [0.2, 0.25) is 52.4 Å². The zero-order chi connectivity index (χ0) is 51.2. The van der Waals surface area contributed by atoms with Gasteiger partial charge in [-0.3, -0.25) is 47.9 Å². The number of carbonyl (C=O) groups excluding carboxylic acids is 9. The van der Waals surface area contributed by atoms with Crippen LogP contribution >= 0.6 is 12.6 Å². The second kappa shape index (κ2) is 29.3. The molecule has 68 heavy (non-hydrogen) atoms. The Bertz CT molecular complexity index is 1880. The van der Waals surface area contributed by atoms with E-state index in [9.17, 15) is 53.1 Å². The van der Waals surface area contributed by atoms with E-state index in [1.54, 1.807) is 13.8 Å². The lowest BCUT2D eigenvalue weighted by molar-refractivity contribution is -0.144. The maximum absolute atomic E-state index is 14.3. The van der Waals surface area contributed by atoms with Crippen LogP contribution in [0.3, 0.4) is 0 Å². The lowest BCUT2D eigenvalue weighted by atomic mass is 9.97. The predicted molar refractivity (Wildman–Crippen MR) is 253 cm³/mol. The van der Waals surface area contributed by atoms with Crippen LogP contribution < -0.4 is 48.7 Å². The number of thiol groups is 1. The fraction of sp³-hybridized carbons (Fsp3) is 0.705. The van der Waals surface area contributed by atoms with Crippen LogP contribution in [0, 0.1) is 17.8 Å². The highest BCUT2D eigenvalue weighted by Gasteiger charge is 2.41. The summed E-state index contributed by atoms with van der Waals surface area (Å²) < 4.78 is 0. The molecule has 0 aliphatic carbocycles. The quantitative estimate of drug-likeness (QED) is 0.0309. The largest absolute Gasteiger partial charge is 0.481 e. The Labute approximate surface area is 403 Å². The standard InChI is InChI=1S/C44H74N12O11S/c1-8-25(6)35(46)41(64)53-30(18-23(2)3)39(62)51-28(12-9-10-16-45)38(61)52-29(14-15-34(58)59)43(66)56-17-11-13-32(56)40(63)55-36(24(4)5)42(65)54-31(19-27-20-47-22-49-27)37(60)48-21-33(57)50-26(7)44(67)68/h20,22-26,28-32,35-36H,8-19,21,45-46H2,1-7H3,(H,47,49)(H,48,60)(H,50,57)(H,51,62)(H,52,61)(H,53,64)(H,54,65)(H,55,63)(H,58,59)(H,67,68)/t25-,26-,28-,29-,30-,31-,32-,35-,36-/m0/s1. The lowest BCUT2D eigenvalue weighted by Gasteiger charge is -2.31. The average molecular weight is 979 g/mol. The van der Waals surface area contributed by atoms with Gasteiger partial charge in [0.25, 0.3) is 0 Å². The number of imidazole rings is 1. The number of aliphatic carboxylic acids is 1. The first-order valence-corrected chi connectivity index (χ1v) is 23.7. The normalized spacial score (nSPS) is 17.1. The molecule has 0 saturated carbocycles. The van der Waals surface area contributed by atoms with Crippen molar-refractivity contribution in [1.82, 2.24) is 52.1 Å². The first kappa shape index (κ1) is 58.5. The van der Waals surface area contributed by atoms with Crippen LogP contribution in [0.1, 0.15) is 112 Å². The third kappa shape index (κ3) is 19.5. The van der Waals surface area contributed by atoms with Gasteiger partial charge in [-0.05, 0) is 76.2 Å². The Balaban J connectivity index is 2.32. The maximum atomic E-state index is 14.3. The molecule has 0 bridgehead atoms. The van der Waals surface area contributed by atoms with Crippen LogP contribution in [0.15, 0.2) is 12.5 Å². The molecule has 1 aliphatic heterocycles. The van der Waals surface area contributed by atoms with E-state index in [0.29, 0.717) is 37.9 Å². The number of rotatable bonds is 30. The second-order valence-corrected chi connectivity index (χ2v) is 18.5. The zero-order valence-electron chi connectivity index (χ0n) is 40.2. The first-order chi connectivity index (χ1) is 32.0. The molecule has 382 valence electrons. The van der Waals surface area contributed by atoms with Crippen molar-refractivity contribution in [2.45, 2.75) is 161 Å². The minimum absolute atomic E-state index is 0.0473. The van der Waals surface area contributed by atoms with Gasteiger partial charge in [0.05, 0.1) is 25.0 Å². The molecule has 1 saturated heterocycles. The number of nitrogens with zero attached hydrogens (tertiary/aromatic N) is 2. The Morgan fingerprint density at radius 3 is 2.03 bits per heavy atom. The van der Waals surface area contributed by atoms with E-state index in [-0.39, 0.29) is 50.5 Å². The van der Waals surface area contributed by atoms with Crippen LogP contribution in [-0.2, 0) is 54.4 Å². The van der Waals surface area contributed by atoms with E-state index in [2.05, 4.69) is 59.8 Å². The molecule has 0 unspecified atom stereocenters. The molecule has 2 rings (SSSR count). The van der Waals surface area contributed by atoms with E-state index in [4.69, 9.17) is 11.5 Å². The van der Waals surface area contributed by atoms with Crippen molar-refractivity contribution in [3.05, 3.63) is 18.2 Å².